The van der Waals surface area contributed by atoms with E-state index < -0.39 is 0 Å². The van der Waals surface area contributed by atoms with E-state index in [0.717, 1.165) is 38.2 Å². The normalized spacial score (nSPS) is 15.2. The minimum Gasteiger partial charge on any atom is -0.356 e. The van der Waals surface area contributed by atoms with Crippen LogP contribution in [0, 0.1) is 0 Å². The number of amides is 1. The largest absolute Gasteiger partial charge is 0.356 e. The molecule has 6 heteroatoms. The predicted molar refractivity (Wildman–Crippen MR) is 118 cm³/mol. The highest BCUT2D eigenvalue weighted by Gasteiger charge is 2.15. The standard InChI is InChI=1S/C19H36N4O.HI/c1-4-5-6-7-11-16-23(3)19(20-2)21-15-14-18(24)22-17-12-9-8-10-13-17;/h4,17H,1,5-16H2,2-3H3,(H,20,21)(H,22,24);1H. The molecule has 0 aromatic rings. The number of aliphatic imine (C=N–C) groups is 1. The van der Waals surface area contributed by atoms with Gasteiger partial charge in [-0.15, -0.1) is 30.6 Å². The molecule has 1 rings (SSSR count). The molecule has 0 spiro atoms. The smallest absolute Gasteiger partial charge is 0.221 e. The first-order valence-electron chi connectivity index (χ1n) is 9.49. The lowest BCUT2D eigenvalue weighted by Crippen LogP contribution is -2.42. The Labute approximate surface area is 171 Å². The molecule has 146 valence electrons. The van der Waals surface area contributed by atoms with E-state index in [-0.39, 0.29) is 29.9 Å². The van der Waals surface area contributed by atoms with E-state index in [4.69, 9.17) is 0 Å². The molecule has 0 aromatic carbocycles. The second-order valence-electron chi connectivity index (χ2n) is 6.69. The average molecular weight is 464 g/mol. The van der Waals surface area contributed by atoms with Crippen molar-refractivity contribution in [2.45, 2.75) is 70.3 Å². The molecular formula is C19H37IN4O. The number of carbonyl (C=O) groups excluding carboxylic acids is 1. The lowest BCUT2D eigenvalue weighted by Gasteiger charge is -2.24. The Morgan fingerprint density at radius 1 is 1.24 bits per heavy atom. The van der Waals surface area contributed by atoms with Crippen LogP contribution in [0.4, 0.5) is 0 Å². The number of rotatable bonds is 10. The van der Waals surface area contributed by atoms with E-state index in [1.54, 1.807) is 7.05 Å². The summed E-state index contributed by atoms with van der Waals surface area (Å²) in [6.07, 6.45) is 13.2. The zero-order valence-corrected chi connectivity index (χ0v) is 18.4. The van der Waals surface area contributed by atoms with Crippen LogP contribution in [-0.2, 0) is 4.79 Å². The molecule has 1 saturated carbocycles. The van der Waals surface area contributed by atoms with Crippen molar-refractivity contribution in [3.8, 4) is 0 Å². The summed E-state index contributed by atoms with van der Waals surface area (Å²) in [5, 5.41) is 6.44. The number of hydrogen-bond acceptors (Lipinski definition) is 2. The molecule has 5 nitrogen and oxygen atoms in total. The number of allylic oxidation sites excluding steroid dienone is 1. The summed E-state index contributed by atoms with van der Waals surface area (Å²) in [4.78, 5) is 18.4. The zero-order chi connectivity index (χ0) is 17.6. The van der Waals surface area contributed by atoms with E-state index in [2.05, 4.69) is 27.1 Å². The minimum atomic E-state index is 0. The molecule has 0 aliphatic heterocycles. The summed E-state index contributed by atoms with van der Waals surface area (Å²) in [6, 6.07) is 0.392. The fourth-order valence-corrected chi connectivity index (χ4v) is 3.14. The van der Waals surface area contributed by atoms with E-state index in [1.807, 2.05) is 13.1 Å². The van der Waals surface area contributed by atoms with Crippen molar-refractivity contribution in [1.82, 2.24) is 15.5 Å². The molecule has 1 aliphatic rings. The first-order valence-corrected chi connectivity index (χ1v) is 9.49. The molecule has 1 fully saturated rings. The van der Waals surface area contributed by atoms with Crippen LogP contribution in [0.15, 0.2) is 17.6 Å². The summed E-state index contributed by atoms with van der Waals surface area (Å²) >= 11 is 0. The quantitative estimate of drug-likeness (QED) is 0.171. The third kappa shape index (κ3) is 11.4. The fraction of sp³-hybridized carbons (Fsp3) is 0.789. The second kappa shape index (κ2) is 15.5. The van der Waals surface area contributed by atoms with Gasteiger partial charge in [0, 0.05) is 39.6 Å². The van der Waals surface area contributed by atoms with Gasteiger partial charge in [0.25, 0.3) is 0 Å². The molecule has 0 radical (unpaired) electrons. The van der Waals surface area contributed by atoms with Crippen LogP contribution in [0.1, 0.15) is 64.2 Å². The Morgan fingerprint density at radius 2 is 1.96 bits per heavy atom. The molecule has 0 unspecified atom stereocenters. The summed E-state index contributed by atoms with van der Waals surface area (Å²) in [5.41, 5.74) is 0. The Balaban J connectivity index is 0.00000576. The highest BCUT2D eigenvalue weighted by molar-refractivity contribution is 14.0. The topological polar surface area (TPSA) is 56.7 Å². The SMILES string of the molecule is C=CCCCCCN(C)C(=NC)NCCC(=O)NC1CCCCC1.I. The highest BCUT2D eigenvalue weighted by Crippen LogP contribution is 2.17. The van der Waals surface area contributed by atoms with Crippen LogP contribution in [0.2, 0.25) is 0 Å². The predicted octanol–water partition coefficient (Wildman–Crippen LogP) is 3.70. The van der Waals surface area contributed by atoms with Crippen LogP contribution >= 0.6 is 24.0 Å². The summed E-state index contributed by atoms with van der Waals surface area (Å²) in [5.74, 6) is 1.01. The van der Waals surface area contributed by atoms with E-state index in [9.17, 15) is 4.79 Å². The first kappa shape index (κ1) is 24.2. The fourth-order valence-electron chi connectivity index (χ4n) is 3.14. The molecule has 0 atom stereocenters. The van der Waals surface area contributed by atoms with Gasteiger partial charge in [0.05, 0.1) is 0 Å². The van der Waals surface area contributed by atoms with Crippen LogP contribution in [0.3, 0.4) is 0 Å². The van der Waals surface area contributed by atoms with Crippen molar-refractivity contribution in [2.24, 2.45) is 4.99 Å². The van der Waals surface area contributed by atoms with Gasteiger partial charge < -0.3 is 15.5 Å². The maximum Gasteiger partial charge on any atom is 0.221 e. The Bertz CT molecular complexity index is 395. The van der Waals surface area contributed by atoms with Crippen LogP contribution in [0.5, 0.6) is 0 Å². The number of nitrogens with zero attached hydrogens (tertiary/aromatic N) is 2. The minimum absolute atomic E-state index is 0. The van der Waals surface area contributed by atoms with E-state index in [1.165, 1.54) is 32.1 Å². The molecule has 1 amide bonds. The van der Waals surface area contributed by atoms with Crippen molar-refractivity contribution in [3.05, 3.63) is 12.7 Å². The Hall–Kier alpha value is -0.790. The van der Waals surface area contributed by atoms with Gasteiger partial charge in [-0.3, -0.25) is 9.79 Å². The van der Waals surface area contributed by atoms with Crippen molar-refractivity contribution in [1.29, 1.82) is 0 Å². The second-order valence-corrected chi connectivity index (χ2v) is 6.69. The molecule has 25 heavy (non-hydrogen) atoms. The third-order valence-corrected chi connectivity index (χ3v) is 4.58. The number of nitrogens with one attached hydrogen (secondary N) is 2. The summed E-state index contributed by atoms with van der Waals surface area (Å²) in [6.45, 7) is 5.36. The van der Waals surface area contributed by atoms with Gasteiger partial charge in [-0.1, -0.05) is 31.8 Å². The number of unbranched alkanes of at least 4 members (excludes halogenated alkanes) is 3. The molecule has 1 aliphatic carbocycles. The zero-order valence-electron chi connectivity index (χ0n) is 16.1. The van der Waals surface area contributed by atoms with Gasteiger partial charge in [0.15, 0.2) is 5.96 Å². The number of hydrogen-bond donors (Lipinski definition) is 2. The molecule has 0 aromatic heterocycles. The van der Waals surface area contributed by atoms with Crippen LogP contribution in [0.25, 0.3) is 0 Å². The molecular weight excluding hydrogens is 427 g/mol. The van der Waals surface area contributed by atoms with Crippen molar-refractivity contribution in [3.63, 3.8) is 0 Å². The van der Waals surface area contributed by atoms with Crippen molar-refractivity contribution in [2.75, 3.05) is 27.2 Å². The monoisotopic (exact) mass is 464 g/mol. The van der Waals surface area contributed by atoms with Gasteiger partial charge in [-0.05, 0) is 32.1 Å². The average Bonchev–Trinajstić information content (AvgIpc) is 2.59. The summed E-state index contributed by atoms with van der Waals surface area (Å²) < 4.78 is 0. The number of carbonyl (C=O) groups is 1. The highest BCUT2D eigenvalue weighted by atomic mass is 127. The molecule has 0 heterocycles. The van der Waals surface area contributed by atoms with Crippen LogP contribution in [-0.4, -0.2) is 50.0 Å². The number of guanidine groups is 1. The van der Waals surface area contributed by atoms with Crippen molar-refractivity contribution < 1.29 is 4.79 Å². The molecule has 0 bridgehead atoms. The van der Waals surface area contributed by atoms with Gasteiger partial charge >= 0.3 is 0 Å². The summed E-state index contributed by atoms with van der Waals surface area (Å²) in [7, 11) is 3.84. The van der Waals surface area contributed by atoms with Gasteiger partial charge in [0.1, 0.15) is 0 Å². The Morgan fingerprint density at radius 3 is 2.60 bits per heavy atom. The first-order chi connectivity index (χ1) is 11.7. The van der Waals surface area contributed by atoms with Crippen LogP contribution < -0.4 is 10.6 Å². The maximum atomic E-state index is 12.0. The van der Waals surface area contributed by atoms with Gasteiger partial charge in [0.2, 0.25) is 5.91 Å². The lowest BCUT2D eigenvalue weighted by atomic mass is 9.95. The van der Waals surface area contributed by atoms with Crippen molar-refractivity contribution >= 4 is 35.8 Å². The maximum absolute atomic E-state index is 12.0. The van der Waals surface area contributed by atoms with Gasteiger partial charge in [-0.25, -0.2) is 0 Å². The Kier molecular flexibility index (Phi) is 15.0. The molecule has 2 N–H and O–H groups in total. The number of halogens is 1. The van der Waals surface area contributed by atoms with Gasteiger partial charge in [-0.2, -0.15) is 0 Å². The van der Waals surface area contributed by atoms with E-state index in [0.29, 0.717) is 19.0 Å². The molecule has 0 saturated heterocycles. The third-order valence-electron chi connectivity index (χ3n) is 4.58. The van der Waals surface area contributed by atoms with E-state index >= 15 is 0 Å². The lowest BCUT2D eigenvalue weighted by molar-refractivity contribution is -0.121.